The number of benzene rings is 1. The van der Waals surface area contributed by atoms with E-state index < -0.39 is 134 Å². The van der Waals surface area contributed by atoms with Crippen LogP contribution in [0.4, 0.5) is 0 Å². The molecule has 0 saturated carbocycles. The van der Waals surface area contributed by atoms with Crippen molar-refractivity contribution in [2.45, 2.75) is 101 Å². The van der Waals surface area contributed by atoms with Crippen molar-refractivity contribution >= 4 is 53.3 Å². The number of nitrogens with one attached hydrogen (secondary N) is 8. The van der Waals surface area contributed by atoms with Gasteiger partial charge < -0.3 is 73.5 Å². The lowest BCUT2D eigenvalue weighted by Crippen LogP contribution is -2.62. The van der Waals surface area contributed by atoms with Crippen LogP contribution in [0.5, 0.6) is 0 Å². The molecule has 0 aliphatic carbocycles. The highest BCUT2D eigenvalue weighted by Crippen LogP contribution is 2.07. The molecular formula is C36H52N10O14. The summed E-state index contributed by atoms with van der Waals surface area (Å²) in [6.07, 6.45) is -1.53. The Morgan fingerprint density at radius 1 is 0.700 bits per heavy atom. The number of aliphatic carboxylic acids is 2. The van der Waals surface area contributed by atoms with Crippen molar-refractivity contribution in [1.29, 1.82) is 0 Å². The third-order valence-corrected chi connectivity index (χ3v) is 8.64. The van der Waals surface area contributed by atoms with Gasteiger partial charge in [0.05, 0.1) is 37.7 Å². The Morgan fingerprint density at radius 2 is 1.28 bits per heavy atom. The Labute approximate surface area is 342 Å². The van der Waals surface area contributed by atoms with Gasteiger partial charge in [-0.25, -0.2) is 9.78 Å². The zero-order valence-corrected chi connectivity index (χ0v) is 32.9. The van der Waals surface area contributed by atoms with Crippen molar-refractivity contribution < 1.29 is 68.7 Å². The van der Waals surface area contributed by atoms with E-state index in [2.05, 4.69) is 41.9 Å². The fourth-order valence-corrected chi connectivity index (χ4v) is 5.29. The van der Waals surface area contributed by atoms with Crippen LogP contribution in [-0.2, 0) is 56.0 Å². The summed E-state index contributed by atoms with van der Waals surface area (Å²) in [5.41, 5.74) is 6.95. The molecule has 0 spiro atoms. The van der Waals surface area contributed by atoms with E-state index in [0.29, 0.717) is 11.3 Å². The first-order valence-corrected chi connectivity index (χ1v) is 18.5. The van der Waals surface area contributed by atoms with Crippen LogP contribution >= 0.6 is 0 Å². The van der Waals surface area contributed by atoms with Gasteiger partial charge in [-0.2, -0.15) is 0 Å². The molecule has 2 aromatic rings. The van der Waals surface area contributed by atoms with Crippen LogP contribution in [0.15, 0.2) is 42.9 Å². The lowest BCUT2D eigenvalue weighted by atomic mass is 10.0. The number of carboxylic acids is 2. The van der Waals surface area contributed by atoms with Crippen LogP contribution in [0.2, 0.25) is 0 Å². The number of rotatable bonds is 25. The lowest BCUT2D eigenvalue weighted by Gasteiger charge is -2.27. The maximum Gasteiger partial charge on any atom is 0.328 e. The van der Waals surface area contributed by atoms with Gasteiger partial charge in [0.2, 0.25) is 41.4 Å². The van der Waals surface area contributed by atoms with Gasteiger partial charge in [0.25, 0.3) is 0 Å². The highest BCUT2D eigenvalue weighted by molar-refractivity contribution is 5.97. The number of aromatic amines is 1. The molecule has 15 N–H and O–H groups in total. The summed E-state index contributed by atoms with van der Waals surface area (Å²) in [7, 11) is 0. The number of carbonyl (C=O) groups is 9. The SMILES string of the molecule is C[C@H](NC(=O)[C@@H](N)Cc1cnc[nH]1)C(=O)N[C@@H](CCC(=O)O)C(=O)NCC(=O)N[C@H](C(=O)N[C@@H](Cc1ccccc1)C(=O)N[C@H](C(=O)N[C@@H](CO)C(=O)O)[C@@H](C)O)[C@@H](C)O. The molecule has 1 heterocycles. The van der Waals surface area contributed by atoms with E-state index in [1.807, 2.05) is 5.32 Å². The highest BCUT2D eigenvalue weighted by atomic mass is 16.4. The standard InChI is InChI=1S/C36H52N10O14/c1-17(41-31(54)22(37)12-21-13-38-16-40-21)30(53)42-23(9-10-27(51)52)32(55)39-14-26(50)45-28(18(2)48)34(57)43-24(11-20-7-5-4-6-8-20)33(56)46-29(19(3)49)35(58)44-25(15-47)36(59)60/h4-8,13,16-19,22-25,28-29,47-49H,9-12,14-15,37H2,1-3H3,(H,38,40)(H,39,55)(H,41,54)(H,42,53)(H,43,57)(H,44,58)(H,45,50)(H,46,56)(H,51,52)(H,59,60)/t17-,18+,19+,22-,23-,24-,25-,28-,29-/m0/s1. The molecule has 0 bridgehead atoms. The van der Waals surface area contributed by atoms with Crippen LogP contribution in [0, 0.1) is 0 Å². The van der Waals surface area contributed by atoms with Crippen molar-refractivity contribution in [3.63, 3.8) is 0 Å². The van der Waals surface area contributed by atoms with Gasteiger partial charge in [0.15, 0.2) is 0 Å². The Bertz CT molecular complexity index is 1790. The molecule has 330 valence electrons. The quantitative estimate of drug-likeness (QED) is 0.0443. The molecule has 0 radical (unpaired) electrons. The summed E-state index contributed by atoms with van der Waals surface area (Å²) < 4.78 is 0. The summed E-state index contributed by atoms with van der Waals surface area (Å²) in [6, 6.07) is -2.51. The van der Waals surface area contributed by atoms with Crippen molar-refractivity contribution in [2.75, 3.05) is 13.2 Å². The normalized spacial score (nSPS) is 15.4. The highest BCUT2D eigenvalue weighted by Gasteiger charge is 2.35. The minimum Gasteiger partial charge on any atom is -0.481 e. The Balaban J connectivity index is 2.14. The topological polar surface area (TPSA) is 394 Å². The van der Waals surface area contributed by atoms with E-state index in [4.69, 9.17) is 5.73 Å². The fraction of sp³-hybridized carbons (Fsp3) is 0.500. The molecule has 0 unspecified atom stereocenters. The van der Waals surface area contributed by atoms with E-state index >= 15 is 0 Å². The predicted molar refractivity (Wildman–Crippen MR) is 206 cm³/mol. The third kappa shape index (κ3) is 16.8. The Morgan fingerprint density at radius 3 is 1.82 bits per heavy atom. The van der Waals surface area contributed by atoms with Crippen LogP contribution in [0.1, 0.15) is 44.9 Å². The minimum atomic E-state index is -1.77. The number of carbonyl (C=O) groups excluding carboxylic acids is 7. The summed E-state index contributed by atoms with van der Waals surface area (Å²) >= 11 is 0. The van der Waals surface area contributed by atoms with Gasteiger partial charge in [0.1, 0.15) is 36.3 Å². The van der Waals surface area contributed by atoms with E-state index in [-0.39, 0.29) is 12.8 Å². The van der Waals surface area contributed by atoms with Crippen molar-refractivity contribution in [3.8, 4) is 0 Å². The Hall–Kier alpha value is -6.50. The number of aliphatic hydroxyl groups excluding tert-OH is 3. The van der Waals surface area contributed by atoms with Crippen molar-refractivity contribution in [2.24, 2.45) is 5.73 Å². The number of amides is 7. The number of aliphatic hydroxyl groups is 3. The second kappa shape index (κ2) is 24.4. The first kappa shape index (κ1) is 49.6. The second-order valence-electron chi connectivity index (χ2n) is 13.7. The molecule has 7 amide bonds. The minimum absolute atomic E-state index is 0.0716. The summed E-state index contributed by atoms with van der Waals surface area (Å²) in [6.45, 7) is 1.69. The average Bonchev–Trinajstić information content (AvgIpc) is 3.70. The molecule has 24 heteroatoms. The van der Waals surface area contributed by atoms with E-state index in [9.17, 15) is 68.7 Å². The van der Waals surface area contributed by atoms with Crippen molar-refractivity contribution in [1.82, 2.24) is 47.2 Å². The number of nitrogens with two attached hydrogens (primary N) is 1. The molecule has 1 aromatic heterocycles. The average molecular weight is 849 g/mol. The van der Waals surface area contributed by atoms with Crippen LogP contribution in [0.3, 0.4) is 0 Å². The molecule has 2 rings (SSSR count). The number of aromatic nitrogens is 2. The summed E-state index contributed by atoms with van der Waals surface area (Å²) in [5.74, 6) is -9.90. The number of carboxylic acid groups (broad SMARTS) is 2. The van der Waals surface area contributed by atoms with Gasteiger partial charge in [-0.3, -0.25) is 38.4 Å². The molecule has 0 aliphatic heterocycles. The first-order chi connectivity index (χ1) is 28.2. The van der Waals surface area contributed by atoms with Crippen LogP contribution in [0.25, 0.3) is 0 Å². The monoisotopic (exact) mass is 848 g/mol. The molecular weight excluding hydrogens is 796 g/mol. The second-order valence-corrected chi connectivity index (χ2v) is 13.7. The molecule has 0 aliphatic rings. The largest absolute Gasteiger partial charge is 0.481 e. The molecule has 1 aromatic carbocycles. The number of imidazole rings is 1. The summed E-state index contributed by atoms with van der Waals surface area (Å²) in [5, 5.41) is 64.1. The van der Waals surface area contributed by atoms with Crippen LogP contribution < -0.4 is 43.0 Å². The molecule has 24 nitrogen and oxygen atoms in total. The lowest BCUT2D eigenvalue weighted by molar-refractivity contribution is -0.144. The number of hydrogen-bond acceptors (Lipinski definition) is 14. The van der Waals surface area contributed by atoms with Gasteiger partial charge in [-0.05, 0) is 32.8 Å². The molecule has 9 atom stereocenters. The van der Waals surface area contributed by atoms with Gasteiger partial charge in [-0.15, -0.1) is 0 Å². The summed E-state index contributed by atoms with van der Waals surface area (Å²) in [4.78, 5) is 121. The smallest absolute Gasteiger partial charge is 0.328 e. The number of H-pyrrole nitrogens is 1. The molecule has 0 saturated heterocycles. The molecule has 0 fully saturated rings. The van der Waals surface area contributed by atoms with E-state index in [1.165, 1.54) is 19.4 Å². The van der Waals surface area contributed by atoms with Gasteiger partial charge >= 0.3 is 11.9 Å². The van der Waals surface area contributed by atoms with Crippen LogP contribution in [-0.4, -0.2) is 156 Å². The third-order valence-electron chi connectivity index (χ3n) is 8.64. The van der Waals surface area contributed by atoms with Gasteiger partial charge in [-0.1, -0.05) is 30.3 Å². The zero-order valence-electron chi connectivity index (χ0n) is 32.9. The molecule has 60 heavy (non-hydrogen) atoms. The zero-order chi connectivity index (χ0) is 45.1. The number of nitrogens with zero attached hydrogens (tertiary/aromatic N) is 1. The Kier molecular flexibility index (Phi) is 20.2. The van der Waals surface area contributed by atoms with E-state index in [0.717, 1.165) is 13.8 Å². The maximum atomic E-state index is 13.5. The fourth-order valence-electron chi connectivity index (χ4n) is 5.29. The predicted octanol–water partition coefficient (Wildman–Crippen LogP) is -5.73. The number of hydrogen-bond donors (Lipinski definition) is 14. The van der Waals surface area contributed by atoms with E-state index in [1.54, 1.807) is 30.3 Å². The maximum absolute atomic E-state index is 13.5. The first-order valence-electron chi connectivity index (χ1n) is 18.5. The van der Waals surface area contributed by atoms with Crippen molar-refractivity contribution in [3.05, 3.63) is 54.1 Å². The van der Waals surface area contributed by atoms with Gasteiger partial charge in [0, 0.05) is 31.2 Å².